The third-order valence-electron chi connectivity index (χ3n) is 3.04. The molecule has 2 aromatic rings. The number of hydrogen-bond donors (Lipinski definition) is 2. The number of anilines is 1. The first kappa shape index (κ1) is 14.4. The van der Waals surface area contributed by atoms with Gasteiger partial charge < -0.3 is 11.1 Å². The van der Waals surface area contributed by atoms with Gasteiger partial charge in [0.25, 0.3) is 0 Å². The van der Waals surface area contributed by atoms with Gasteiger partial charge in [-0.05, 0) is 42.3 Å². The maximum atomic E-state index is 12.0. The van der Waals surface area contributed by atoms with E-state index < -0.39 is 0 Å². The highest BCUT2D eigenvalue weighted by molar-refractivity contribution is 6.30. The van der Waals surface area contributed by atoms with Crippen LogP contribution >= 0.6 is 11.6 Å². The predicted octanol–water partition coefficient (Wildman–Crippen LogP) is 3.34. The number of halogens is 1. The van der Waals surface area contributed by atoms with Crippen LogP contribution < -0.4 is 11.1 Å². The topological polar surface area (TPSA) is 55.1 Å². The number of benzene rings is 2. The first-order valence-corrected chi connectivity index (χ1v) is 6.81. The Kier molecular flexibility index (Phi) is 4.64. The number of carbonyl (C=O) groups is 1. The number of rotatable bonds is 4. The molecule has 0 saturated heterocycles. The molecule has 0 heterocycles. The minimum Gasteiger partial charge on any atom is -0.399 e. The van der Waals surface area contributed by atoms with Crippen LogP contribution in [0.15, 0.2) is 48.5 Å². The van der Waals surface area contributed by atoms with Crippen LogP contribution in [0.25, 0.3) is 0 Å². The van der Waals surface area contributed by atoms with Crippen LogP contribution in [-0.4, -0.2) is 5.91 Å². The van der Waals surface area contributed by atoms with Crippen LogP contribution in [0.1, 0.15) is 24.1 Å². The Bertz CT molecular complexity index is 613. The van der Waals surface area contributed by atoms with Gasteiger partial charge in [-0.15, -0.1) is 0 Å². The smallest absolute Gasteiger partial charge is 0.224 e. The highest BCUT2D eigenvalue weighted by Crippen LogP contribution is 2.17. The van der Waals surface area contributed by atoms with Crippen molar-refractivity contribution >= 4 is 23.2 Å². The lowest BCUT2D eigenvalue weighted by Gasteiger charge is -2.14. The summed E-state index contributed by atoms with van der Waals surface area (Å²) in [6.07, 6.45) is 0.315. The predicted molar refractivity (Wildman–Crippen MR) is 82.6 cm³/mol. The Balaban J connectivity index is 1.97. The molecule has 0 bridgehead atoms. The first-order valence-electron chi connectivity index (χ1n) is 6.44. The third kappa shape index (κ3) is 4.00. The second-order valence-corrected chi connectivity index (χ2v) is 5.20. The van der Waals surface area contributed by atoms with E-state index in [2.05, 4.69) is 5.32 Å². The summed E-state index contributed by atoms with van der Waals surface area (Å²) in [6.45, 7) is 1.93. The van der Waals surface area contributed by atoms with E-state index in [1.54, 1.807) is 6.07 Å². The minimum atomic E-state index is -0.0812. The van der Waals surface area contributed by atoms with Crippen molar-refractivity contribution in [3.05, 3.63) is 64.7 Å². The number of nitrogens with one attached hydrogen (secondary N) is 1. The molecular formula is C16H17ClN2O. The molecule has 104 valence electrons. The molecule has 20 heavy (non-hydrogen) atoms. The molecule has 0 radical (unpaired) electrons. The highest BCUT2D eigenvalue weighted by Gasteiger charge is 2.10. The molecule has 1 amide bonds. The van der Waals surface area contributed by atoms with E-state index in [0.29, 0.717) is 17.1 Å². The fourth-order valence-electron chi connectivity index (χ4n) is 2.04. The molecule has 2 rings (SSSR count). The summed E-state index contributed by atoms with van der Waals surface area (Å²) in [7, 11) is 0. The monoisotopic (exact) mass is 288 g/mol. The number of amides is 1. The largest absolute Gasteiger partial charge is 0.399 e. The van der Waals surface area contributed by atoms with Crippen molar-refractivity contribution in [1.29, 1.82) is 0 Å². The zero-order valence-corrected chi connectivity index (χ0v) is 12.0. The van der Waals surface area contributed by atoms with E-state index in [4.69, 9.17) is 17.3 Å². The van der Waals surface area contributed by atoms with Crippen LogP contribution in [-0.2, 0) is 11.2 Å². The quantitative estimate of drug-likeness (QED) is 0.848. The second-order valence-electron chi connectivity index (χ2n) is 4.77. The van der Waals surface area contributed by atoms with Gasteiger partial charge in [-0.25, -0.2) is 0 Å². The van der Waals surface area contributed by atoms with Gasteiger partial charge in [-0.1, -0.05) is 35.9 Å². The molecule has 0 spiro atoms. The zero-order valence-electron chi connectivity index (χ0n) is 11.3. The standard InChI is InChI=1S/C16H17ClN2O/c1-11(13-5-3-6-14(17)10-13)19-16(20)9-12-4-2-7-15(18)8-12/h2-8,10-11H,9,18H2,1H3,(H,19,20)/t11-/m0/s1. The zero-order chi connectivity index (χ0) is 14.5. The lowest BCUT2D eigenvalue weighted by atomic mass is 10.1. The van der Waals surface area contributed by atoms with E-state index in [1.165, 1.54) is 0 Å². The van der Waals surface area contributed by atoms with Gasteiger partial charge in [0.2, 0.25) is 5.91 Å². The van der Waals surface area contributed by atoms with E-state index in [9.17, 15) is 4.79 Å². The summed E-state index contributed by atoms with van der Waals surface area (Å²) >= 11 is 5.95. The van der Waals surface area contributed by atoms with Gasteiger partial charge in [0, 0.05) is 10.7 Å². The summed E-state index contributed by atoms with van der Waals surface area (Å²) in [5.41, 5.74) is 8.25. The van der Waals surface area contributed by atoms with Crippen molar-refractivity contribution in [2.75, 3.05) is 5.73 Å². The van der Waals surface area contributed by atoms with Crippen LogP contribution in [0.4, 0.5) is 5.69 Å². The fourth-order valence-corrected chi connectivity index (χ4v) is 2.24. The average Bonchev–Trinajstić information content (AvgIpc) is 2.38. The minimum absolute atomic E-state index is 0.0388. The van der Waals surface area contributed by atoms with Crippen LogP contribution in [0, 0.1) is 0 Å². The fraction of sp³-hybridized carbons (Fsp3) is 0.188. The number of hydrogen-bond acceptors (Lipinski definition) is 2. The molecule has 0 unspecified atom stereocenters. The molecule has 0 aliphatic carbocycles. The molecule has 1 atom stereocenters. The first-order chi connectivity index (χ1) is 9.54. The van der Waals surface area contributed by atoms with Gasteiger partial charge in [0.1, 0.15) is 0 Å². The molecule has 0 fully saturated rings. The lowest BCUT2D eigenvalue weighted by Crippen LogP contribution is -2.28. The van der Waals surface area contributed by atoms with E-state index >= 15 is 0 Å². The Morgan fingerprint density at radius 2 is 2.00 bits per heavy atom. The average molecular weight is 289 g/mol. The maximum Gasteiger partial charge on any atom is 0.224 e. The van der Waals surface area contributed by atoms with Gasteiger partial charge in [0.15, 0.2) is 0 Å². The molecule has 3 nitrogen and oxygen atoms in total. The molecule has 0 aliphatic heterocycles. The van der Waals surface area contributed by atoms with Crippen LogP contribution in [0.2, 0.25) is 5.02 Å². The SMILES string of the molecule is C[C@H](NC(=O)Cc1cccc(N)c1)c1cccc(Cl)c1. The van der Waals surface area contributed by atoms with Gasteiger partial charge in [0.05, 0.1) is 12.5 Å². The van der Waals surface area contributed by atoms with Crippen molar-refractivity contribution in [3.63, 3.8) is 0 Å². The Morgan fingerprint density at radius 1 is 1.25 bits per heavy atom. The molecule has 0 aliphatic rings. The molecular weight excluding hydrogens is 272 g/mol. The maximum absolute atomic E-state index is 12.0. The van der Waals surface area contributed by atoms with Crippen molar-refractivity contribution in [2.24, 2.45) is 0 Å². The summed E-state index contributed by atoms with van der Waals surface area (Å²) in [5.74, 6) is -0.0388. The molecule has 4 heteroatoms. The van der Waals surface area contributed by atoms with E-state index in [-0.39, 0.29) is 11.9 Å². The molecule has 3 N–H and O–H groups in total. The van der Waals surface area contributed by atoms with Crippen LogP contribution in [0.3, 0.4) is 0 Å². The second kappa shape index (κ2) is 6.44. The highest BCUT2D eigenvalue weighted by atomic mass is 35.5. The van der Waals surface area contributed by atoms with Gasteiger partial charge in [-0.3, -0.25) is 4.79 Å². The Hall–Kier alpha value is -2.00. The number of carbonyl (C=O) groups excluding carboxylic acids is 1. The third-order valence-corrected chi connectivity index (χ3v) is 3.28. The molecule has 2 aromatic carbocycles. The van der Waals surface area contributed by atoms with Crippen molar-refractivity contribution in [3.8, 4) is 0 Å². The van der Waals surface area contributed by atoms with Crippen molar-refractivity contribution in [1.82, 2.24) is 5.32 Å². The molecule has 0 saturated carbocycles. The van der Waals surface area contributed by atoms with Crippen molar-refractivity contribution < 1.29 is 4.79 Å². The van der Waals surface area contributed by atoms with Gasteiger partial charge >= 0.3 is 0 Å². The van der Waals surface area contributed by atoms with E-state index in [1.807, 2.05) is 49.4 Å². The number of nitrogens with two attached hydrogens (primary N) is 1. The van der Waals surface area contributed by atoms with Gasteiger partial charge in [-0.2, -0.15) is 0 Å². The summed E-state index contributed by atoms with van der Waals surface area (Å²) in [4.78, 5) is 12.0. The summed E-state index contributed by atoms with van der Waals surface area (Å²) < 4.78 is 0. The summed E-state index contributed by atoms with van der Waals surface area (Å²) in [5, 5.41) is 3.62. The van der Waals surface area contributed by atoms with Crippen molar-refractivity contribution in [2.45, 2.75) is 19.4 Å². The summed E-state index contributed by atoms with van der Waals surface area (Å²) in [6, 6.07) is 14.7. The lowest BCUT2D eigenvalue weighted by molar-refractivity contribution is -0.121. The molecule has 0 aromatic heterocycles. The normalized spacial score (nSPS) is 11.9. The Morgan fingerprint density at radius 3 is 2.70 bits per heavy atom. The number of nitrogen functional groups attached to an aromatic ring is 1. The Labute approximate surface area is 123 Å². The van der Waals surface area contributed by atoms with E-state index in [0.717, 1.165) is 11.1 Å². The van der Waals surface area contributed by atoms with Crippen LogP contribution in [0.5, 0.6) is 0 Å².